The SMILES string of the molecule is CC(C)C(C)CC(=O)Nc1cnc(-n2nccn2)c(Cl)c1. The van der Waals surface area contributed by atoms with Gasteiger partial charge in [0.05, 0.1) is 29.3 Å². The van der Waals surface area contributed by atoms with E-state index in [-0.39, 0.29) is 5.91 Å². The molecule has 1 N–H and O–H groups in total. The molecule has 112 valence electrons. The second kappa shape index (κ2) is 6.67. The highest BCUT2D eigenvalue weighted by Crippen LogP contribution is 2.21. The molecule has 21 heavy (non-hydrogen) atoms. The predicted molar refractivity (Wildman–Crippen MR) is 81.4 cm³/mol. The van der Waals surface area contributed by atoms with Crippen LogP contribution < -0.4 is 5.32 Å². The van der Waals surface area contributed by atoms with Crippen molar-refractivity contribution in [1.82, 2.24) is 20.0 Å². The Kier molecular flexibility index (Phi) is 4.90. The number of nitrogens with zero attached hydrogens (tertiary/aromatic N) is 4. The van der Waals surface area contributed by atoms with Crippen LogP contribution in [0.4, 0.5) is 5.69 Å². The summed E-state index contributed by atoms with van der Waals surface area (Å²) in [6.07, 6.45) is 5.10. The van der Waals surface area contributed by atoms with Crippen LogP contribution in [0.25, 0.3) is 5.82 Å². The summed E-state index contributed by atoms with van der Waals surface area (Å²) < 4.78 is 0. The van der Waals surface area contributed by atoms with Crippen molar-refractivity contribution in [3.8, 4) is 5.82 Å². The van der Waals surface area contributed by atoms with Crippen molar-refractivity contribution in [3.05, 3.63) is 29.7 Å². The maximum atomic E-state index is 11.9. The molecular weight excluding hydrogens is 290 g/mol. The Morgan fingerprint density at radius 2 is 2.00 bits per heavy atom. The fourth-order valence-corrected chi connectivity index (χ4v) is 1.95. The van der Waals surface area contributed by atoms with Gasteiger partial charge in [-0.05, 0) is 17.9 Å². The van der Waals surface area contributed by atoms with Crippen LogP contribution in [0, 0.1) is 11.8 Å². The van der Waals surface area contributed by atoms with Gasteiger partial charge in [0.15, 0.2) is 5.82 Å². The van der Waals surface area contributed by atoms with Crippen molar-refractivity contribution in [2.24, 2.45) is 11.8 Å². The first-order chi connectivity index (χ1) is 9.97. The van der Waals surface area contributed by atoms with Gasteiger partial charge < -0.3 is 5.32 Å². The zero-order valence-corrected chi connectivity index (χ0v) is 13.0. The Bertz CT molecular complexity index is 612. The minimum atomic E-state index is -0.0426. The third-order valence-corrected chi connectivity index (χ3v) is 3.64. The molecule has 0 aromatic carbocycles. The third kappa shape index (κ3) is 4.01. The molecule has 1 amide bonds. The topological polar surface area (TPSA) is 72.7 Å². The summed E-state index contributed by atoms with van der Waals surface area (Å²) in [4.78, 5) is 17.4. The highest BCUT2D eigenvalue weighted by Gasteiger charge is 2.14. The van der Waals surface area contributed by atoms with Gasteiger partial charge in [0, 0.05) is 6.42 Å². The van der Waals surface area contributed by atoms with Crippen molar-refractivity contribution in [1.29, 1.82) is 0 Å². The van der Waals surface area contributed by atoms with E-state index < -0.39 is 0 Å². The van der Waals surface area contributed by atoms with Crippen molar-refractivity contribution < 1.29 is 4.79 Å². The fourth-order valence-electron chi connectivity index (χ4n) is 1.71. The van der Waals surface area contributed by atoms with Gasteiger partial charge in [-0.15, -0.1) is 4.80 Å². The van der Waals surface area contributed by atoms with Crippen LogP contribution in [0.5, 0.6) is 0 Å². The molecule has 0 fully saturated rings. The largest absolute Gasteiger partial charge is 0.325 e. The maximum absolute atomic E-state index is 11.9. The monoisotopic (exact) mass is 307 g/mol. The lowest BCUT2D eigenvalue weighted by Crippen LogP contribution is -2.18. The summed E-state index contributed by atoms with van der Waals surface area (Å²) in [5, 5.41) is 11.1. The number of hydrogen-bond acceptors (Lipinski definition) is 4. The summed E-state index contributed by atoms with van der Waals surface area (Å²) in [5.41, 5.74) is 0.567. The van der Waals surface area contributed by atoms with E-state index in [4.69, 9.17) is 11.6 Å². The molecule has 0 aliphatic heterocycles. The fraction of sp³-hybridized carbons (Fsp3) is 0.429. The summed E-state index contributed by atoms with van der Waals surface area (Å²) >= 11 is 6.15. The molecule has 7 heteroatoms. The van der Waals surface area contributed by atoms with Crippen LogP contribution in [0.3, 0.4) is 0 Å². The molecular formula is C14H18ClN5O. The zero-order valence-electron chi connectivity index (χ0n) is 12.2. The number of rotatable bonds is 5. The molecule has 1 unspecified atom stereocenters. The summed E-state index contributed by atoms with van der Waals surface area (Å²) in [6.45, 7) is 6.26. The van der Waals surface area contributed by atoms with Gasteiger partial charge in [-0.1, -0.05) is 32.4 Å². The van der Waals surface area contributed by atoms with Gasteiger partial charge in [-0.2, -0.15) is 10.2 Å². The Morgan fingerprint density at radius 1 is 1.33 bits per heavy atom. The first-order valence-electron chi connectivity index (χ1n) is 6.79. The molecule has 1 atom stereocenters. The Hall–Kier alpha value is -1.95. The van der Waals surface area contributed by atoms with E-state index in [0.717, 1.165) is 0 Å². The van der Waals surface area contributed by atoms with Crippen LogP contribution in [0.1, 0.15) is 27.2 Å². The number of carbonyl (C=O) groups is 1. The number of carbonyl (C=O) groups excluding carboxylic acids is 1. The average Bonchev–Trinajstić information content (AvgIpc) is 2.92. The van der Waals surface area contributed by atoms with E-state index in [1.54, 1.807) is 24.7 Å². The number of nitrogens with one attached hydrogen (secondary N) is 1. The second-order valence-corrected chi connectivity index (χ2v) is 5.73. The standard InChI is InChI=1S/C14H18ClN5O/c1-9(2)10(3)6-13(21)19-11-7-12(15)14(16-8-11)20-17-4-5-18-20/h4-5,7-10H,6H2,1-3H3,(H,19,21). The van der Waals surface area contributed by atoms with Gasteiger partial charge in [0.2, 0.25) is 5.91 Å². The normalized spacial score (nSPS) is 12.4. The molecule has 2 aromatic heterocycles. The van der Waals surface area contributed by atoms with Gasteiger partial charge in [-0.25, -0.2) is 4.98 Å². The lowest BCUT2D eigenvalue weighted by Gasteiger charge is -2.15. The molecule has 0 bridgehead atoms. The first-order valence-corrected chi connectivity index (χ1v) is 7.17. The maximum Gasteiger partial charge on any atom is 0.224 e. The Morgan fingerprint density at radius 3 is 2.57 bits per heavy atom. The quantitative estimate of drug-likeness (QED) is 0.921. The lowest BCUT2D eigenvalue weighted by molar-refractivity contribution is -0.117. The molecule has 0 spiro atoms. The second-order valence-electron chi connectivity index (χ2n) is 5.32. The highest BCUT2D eigenvalue weighted by molar-refractivity contribution is 6.32. The van der Waals surface area contributed by atoms with Crippen LogP contribution in [-0.4, -0.2) is 25.9 Å². The summed E-state index contributed by atoms with van der Waals surface area (Å²) in [5.74, 6) is 1.17. The van der Waals surface area contributed by atoms with Gasteiger partial charge >= 0.3 is 0 Å². The highest BCUT2D eigenvalue weighted by atomic mass is 35.5. The smallest absolute Gasteiger partial charge is 0.224 e. The Labute approximate surface area is 128 Å². The number of aromatic nitrogens is 4. The molecule has 0 radical (unpaired) electrons. The predicted octanol–water partition coefficient (Wildman–Crippen LogP) is 2.94. The van der Waals surface area contributed by atoms with Crippen LogP contribution in [-0.2, 0) is 4.79 Å². The minimum Gasteiger partial charge on any atom is -0.325 e. The van der Waals surface area contributed by atoms with E-state index in [1.165, 1.54) is 4.80 Å². The summed E-state index contributed by atoms with van der Waals surface area (Å²) in [6, 6.07) is 1.64. The average molecular weight is 308 g/mol. The number of halogens is 1. The minimum absolute atomic E-state index is 0.0426. The molecule has 2 rings (SSSR count). The molecule has 0 saturated heterocycles. The molecule has 0 aliphatic carbocycles. The van der Waals surface area contributed by atoms with E-state index in [9.17, 15) is 4.79 Å². The number of hydrogen-bond donors (Lipinski definition) is 1. The van der Waals surface area contributed by atoms with E-state index in [2.05, 4.69) is 41.3 Å². The number of pyridine rings is 1. The van der Waals surface area contributed by atoms with E-state index in [0.29, 0.717) is 34.8 Å². The Balaban J connectivity index is 2.05. The lowest BCUT2D eigenvalue weighted by atomic mass is 9.94. The third-order valence-electron chi connectivity index (χ3n) is 3.36. The van der Waals surface area contributed by atoms with Crippen molar-refractivity contribution >= 4 is 23.2 Å². The van der Waals surface area contributed by atoms with Gasteiger partial charge in [0.25, 0.3) is 0 Å². The molecule has 2 heterocycles. The van der Waals surface area contributed by atoms with Crippen LogP contribution in [0.2, 0.25) is 5.02 Å². The van der Waals surface area contributed by atoms with E-state index in [1.807, 2.05) is 0 Å². The van der Waals surface area contributed by atoms with Crippen LogP contribution >= 0.6 is 11.6 Å². The molecule has 0 aliphatic rings. The summed E-state index contributed by atoms with van der Waals surface area (Å²) in [7, 11) is 0. The van der Waals surface area contributed by atoms with Crippen molar-refractivity contribution in [2.45, 2.75) is 27.2 Å². The van der Waals surface area contributed by atoms with Crippen molar-refractivity contribution in [3.63, 3.8) is 0 Å². The first kappa shape index (κ1) is 15.4. The molecule has 0 saturated carbocycles. The van der Waals surface area contributed by atoms with E-state index >= 15 is 0 Å². The number of anilines is 1. The van der Waals surface area contributed by atoms with Gasteiger partial charge in [-0.3, -0.25) is 4.79 Å². The molecule has 6 nitrogen and oxygen atoms in total. The van der Waals surface area contributed by atoms with Crippen LogP contribution in [0.15, 0.2) is 24.7 Å². The zero-order chi connectivity index (χ0) is 15.4. The van der Waals surface area contributed by atoms with Gasteiger partial charge in [0.1, 0.15) is 0 Å². The number of amides is 1. The van der Waals surface area contributed by atoms with Crippen molar-refractivity contribution in [2.75, 3.05) is 5.32 Å². The molecule has 2 aromatic rings.